The second-order valence-electron chi connectivity index (χ2n) is 9.21. The van der Waals surface area contributed by atoms with Crippen LogP contribution in [0.5, 0.6) is 5.75 Å². The van der Waals surface area contributed by atoms with Crippen LogP contribution in [0.4, 0.5) is 0 Å². The standard InChI is InChI=1S/C29H27N5O2/c35-29(31-27(21-6-7-21)20-4-2-1-3-5-20)23-10-13-26-25(18-23)28(33-32-26)22-8-11-24(12-9-22)36-17-16-34-15-14-30-19-34/h1-5,8-15,18-19,21,27H,6-7,16-17H2,(H,31,35)(H,32,33). The second-order valence-corrected chi connectivity index (χ2v) is 9.21. The summed E-state index contributed by atoms with van der Waals surface area (Å²) in [5.41, 5.74) is 4.45. The van der Waals surface area contributed by atoms with Crippen molar-refractivity contribution < 1.29 is 9.53 Å². The zero-order chi connectivity index (χ0) is 24.3. The van der Waals surface area contributed by atoms with Crippen LogP contribution in [0.3, 0.4) is 0 Å². The molecule has 0 aliphatic heterocycles. The molecule has 1 amide bonds. The topological polar surface area (TPSA) is 84.8 Å². The van der Waals surface area contributed by atoms with Crippen molar-refractivity contribution in [1.29, 1.82) is 0 Å². The van der Waals surface area contributed by atoms with E-state index in [2.05, 4.69) is 32.6 Å². The lowest BCUT2D eigenvalue weighted by atomic mass is 10.0. The maximum Gasteiger partial charge on any atom is 0.251 e. The molecular formula is C29H27N5O2. The molecule has 6 rings (SSSR count). The second kappa shape index (κ2) is 9.70. The maximum absolute atomic E-state index is 13.2. The number of amides is 1. The van der Waals surface area contributed by atoms with Crippen molar-refractivity contribution in [3.63, 3.8) is 0 Å². The number of benzene rings is 3. The van der Waals surface area contributed by atoms with Crippen LogP contribution in [0.15, 0.2) is 91.5 Å². The minimum atomic E-state index is -0.0635. The fourth-order valence-electron chi connectivity index (χ4n) is 4.56. The molecule has 0 bridgehead atoms. The number of imidazole rings is 1. The maximum atomic E-state index is 13.2. The first-order valence-electron chi connectivity index (χ1n) is 12.3. The first-order valence-corrected chi connectivity index (χ1v) is 12.3. The predicted octanol–water partition coefficient (Wildman–Crippen LogP) is 5.39. The molecule has 1 aliphatic carbocycles. The van der Waals surface area contributed by atoms with Crippen LogP contribution in [0, 0.1) is 5.92 Å². The van der Waals surface area contributed by atoms with E-state index in [4.69, 9.17) is 4.74 Å². The Balaban J connectivity index is 1.18. The number of hydrogen-bond acceptors (Lipinski definition) is 4. The zero-order valence-electron chi connectivity index (χ0n) is 19.8. The SMILES string of the molecule is O=C(NC(c1ccccc1)C1CC1)c1ccc2[nH]nc(-c3ccc(OCCn4ccnc4)cc3)c2c1. The molecule has 1 fully saturated rings. The summed E-state index contributed by atoms with van der Waals surface area (Å²) < 4.78 is 7.83. The van der Waals surface area contributed by atoms with Crippen LogP contribution in [-0.4, -0.2) is 32.3 Å². The van der Waals surface area contributed by atoms with E-state index in [9.17, 15) is 4.79 Å². The van der Waals surface area contributed by atoms with Gasteiger partial charge in [0.15, 0.2) is 0 Å². The molecule has 0 radical (unpaired) electrons. The van der Waals surface area contributed by atoms with E-state index in [0.29, 0.717) is 18.1 Å². The summed E-state index contributed by atoms with van der Waals surface area (Å²) >= 11 is 0. The minimum absolute atomic E-state index is 0.0412. The van der Waals surface area contributed by atoms with Crippen molar-refractivity contribution >= 4 is 16.8 Å². The molecule has 0 saturated heterocycles. The Labute approximate surface area is 209 Å². The highest BCUT2D eigenvalue weighted by Crippen LogP contribution is 2.41. The molecule has 2 N–H and O–H groups in total. The van der Waals surface area contributed by atoms with Gasteiger partial charge in [-0.1, -0.05) is 30.3 Å². The first kappa shape index (κ1) is 22.1. The zero-order valence-corrected chi connectivity index (χ0v) is 19.8. The van der Waals surface area contributed by atoms with Crippen molar-refractivity contribution in [2.24, 2.45) is 5.92 Å². The van der Waals surface area contributed by atoms with Crippen molar-refractivity contribution in [3.8, 4) is 17.0 Å². The fourth-order valence-corrected chi connectivity index (χ4v) is 4.56. The summed E-state index contributed by atoms with van der Waals surface area (Å²) in [4.78, 5) is 17.3. The Kier molecular flexibility index (Phi) is 5.95. The van der Waals surface area contributed by atoms with Gasteiger partial charge in [0.2, 0.25) is 0 Å². The molecule has 1 aliphatic rings. The van der Waals surface area contributed by atoms with E-state index >= 15 is 0 Å². The summed E-state index contributed by atoms with van der Waals surface area (Å²) in [6, 6.07) is 23.8. The number of ether oxygens (including phenoxy) is 1. The van der Waals surface area contributed by atoms with Crippen molar-refractivity contribution in [3.05, 3.63) is 103 Å². The molecule has 0 spiro atoms. The Morgan fingerprint density at radius 2 is 1.92 bits per heavy atom. The van der Waals surface area contributed by atoms with Crippen LogP contribution in [0.1, 0.15) is 34.8 Å². The highest BCUT2D eigenvalue weighted by molar-refractivity contribution is 6.01. The molecule has 36 heavy (non-hydrogen) atoms. The monoisotopic (exact) mass is 477 g/mol. The fraction of sp³-hybridized carbons (Fsp3) is 0.207. The summed E-state index contributed by atoms with van der Waals surface area (Å²) in [6.45, 7) is 1.30. The van der Waals surface area contributed by atoms with E-state index < -0.39 is 0 Å². The highest BCUT2D eigenvalue weighted by Gasteiger charge is 2.33. The number of rotatable bonds is 9. The number of aromatic amines is 1. The number of aromatic nitrogens is 4. The number of H-pyrrole nitrogens is 1. The Bertz CT molecular complexity index is 1460. The third-order valence-electron chi connectivity index (χ3n) is 6.67. The van der Waals surface area contributed by atoms with Gasteiger partial charge < -0.3 is 14.6 Å². The van der Waals surface area contributed by atoms with Crippen LogP contribution in [0.25, 0.3) is 22.2 Å². The summed E-state index contributed by atoms with van der Waals surface area (Å²) in [5.74, 6) is 1.24. The average molecular weight is 478 g/mol. The third-order valence-corrected chi connectivity index (χ3v) is 6.67. The Morgan fingerprint density at radius 3 is 2.67 bits per heavy atom. The minimum Gasteiger partial charge on any atom is -0.492 e. The molecule has 2 heterocycles. The van der Waals surface area contributed by atoms with Crippen molar-refractivity contribution in [2.75, 3.05) is 6.61 Å². The molecular weight excluding hydrogens is 450 g/mol. The van der Waals surface area contributed by atoms with Crippen LogP contribution >= 0.6 is 0 Å². The van der Waals surface area contributed by atoms with Gasteiger partial charge in [0, 0.05) is 28.9 Å². The number of nitrogens with one attached hydrogen (secondary N) is 2. The number of nitrogens with zero attached hydrogens (tertiary/aromatic N) is 3. The van der Waals surface area contributed by atoms with Gasteiger partial charge in [0.25, 0.3) is 5.91 Å². The van der Waals surface area contributed by atoms with Crippen LogP contribution in [0.2, 0.25) is 0 Å². The lowest BCUT2D eigenvalue weighted by Crippen LogP contribution is -2.29. The molecule has 7 heteroatoms. The highest BCUT2D eigenvalue weighted by atomic mass is 16.5. The first-order chi connectivity index (χ1) is 17.7. The van der Waals surface area contributed by atoms with Gasteiger partial charge in [-0.2, -0.15) is 5.10 Å². The van der Waals surface area contributed by atoms with Crippen LogP contribution in [-0.2, 0) is 6.54 Å². The van der Waals surface area contributed by atoms with Gasteiger partial charge >= 0.3 is 0 Å². The van der Waals surface area contributed by atoms with Gasteiger partial charge in [0.1, 0.15) is 12.4 Å². The molecule has 5 aromatic rings. The molecule has 1 unspecified atom stereocenters. The predicted molar refractivity (Wildman–Crippen MR) is 139 cm³/mol. The van der Waals surface area contributed by atoms with Gasteiger partial charge in [-0.15, -0.1) is 0 Å². The van der Waals surface area contributed by atoms with Crippen molar-refractivity contribution in [1.82, 2.24) is 25.1 Å². The molecule has 2 aromatic heterocycles. The number of fused-ring (bicyclic) bond motifs is 1. The molecule has 180 valence electrons. The van der Waals surface area contributed by atoms with Gasteiger partial charge in [-0.25, -0.2) is 4.98 Å². The molecule has 7 nitrogen and oxygen atoms in total. The largest absolute Gasteiger partial charge is 0.492 e. The summed E-state index contributed by atoms with van der Waals surface area (Å²) in [6.07, 6.45) is 7.74. The number of carbonyl (C=O) groups is 1. The summed E-state index contributed by atoms with van der Waals surface area (Å²) in [5, 5.41) is 11.8. The smallest absolute Gasteiger partial charge is 0.251 e. The van der Waals surface area contributed by atoms with E-state index in [1.807, 2.05) is 71.4 Å². The van der Waals surface area contributed by atoms with Gasteiger partial charge in [-0.3, -0.25) is 9.89 Å². The molecule has 1 atom stereocenters. The van der Waals surface area contributed by atoms with Gasteiger partial charge in [0.05, 0.1) is 30.1 Å². The van der Waals surface area contributed by atoms with E-state index in [1.54, 1.807) is 12.5 Å². The van der Waals surface area contributed by atoms with Gasteiger partial charge in [-0.05, 0) is 66.8 Å². The van der Waals surface area contributed by atoms with E-state index in [1.165, 1.54) is 0 Å². The quantitative estimate of drug-likeness (QED) is 0.298. The Hall–Kier alpha value is -4.39. The molecule has 3 aromatic carbocycles. The molecule has 1 saturated carbocycles. The lowest BCUT2D eigenvalue weighted by molar-refractivity contribution is 0.0932. The normalized spacial score (nSPS) is 14.0. The van der Waals surface area contributed by atoms with E-state index in [0.717, 1.165) is 52.9 Å². The Morgan fingerprint density at radius 1 is 1.08 bits per heavy atom. The van der Waals surface area contributed by atoms with Crippen LogP contribution < -0.4 is 10.1 Å². The lowest BCUT2D eigenvalue weighted by Gasteiger charge is -2.19. The van der Waals surface area contributed by atoms with E-state index in [-0.39, 0.29) is 11.9 Å². The van der Waals surface area contributed by atoms with Crippen molar-refractivity contribution in [2.45, 2.75) is 25.4 Å². The summed E-state index contributed by atoms with van der Waals surface area (Å²) in [7, 11) is 0. The number of hydrogen-bond donors (Lipinski definition) is 2. The third kappa shape index (κ3) is 4.73. The average Bonchev–Trinajstić information content (AvgIpc) is 3.46. The number of carbonyl (C=O) groups excluding carboxylic acids is 1.